The van der Waals surface area contributed by atoms with E-state index < -0.39 is 0 Å². The molecule has 8 heteroatoms. The zero-order valence-corrected chi connectivity index (χ0v) is 14.1. The van der Waals surface area contributed by atoms with Crippen molar-refractivity contribution in [2.75, 3.05) is 13.1 Å². The van der Waals surface area contributed by atoms with E-state index in [2.05, 4.69) is 10.3 Å². The number of rotatable bonds is 6. The van der Waals surface area contributed by atoms with Crippen LogP contribution in [0, 0.1) is 5.82 Å². The summed E-state index contributed by atoms with van der Waals surface area (Å²) in [7, 11) is 0. The maximum Gasteiger partial charge on any atom is 0.270 e. The van der Waals surface area contributed by atoms with E-state index in [0.29, 0.717) is 30.1 Å². The minimum absolute atomic E-state index is 0.162. The summed E-state index contributed by atoms with van der Waals surface area (Å²) in [5, 5.41) is 4.71. The van der Waals surface area contributed by atoms with Crippen molar-refractivity contribution in [3.63, 3.8) is 0 Å². The molecule has 1 N–H and O–H groups in total. The smallest absolute Gasteiger partial charge is 0.270 e. The molecule has 2 heterocycles. The van der Waals surface area contributed by atoms with Gasteiger partial charge in [0.15, 0.2) is 0 Å². The first-order valence-corrected chi connectivity index (χ1v) is 8.76. The first kappa shape index (κ1) is 17.2. The first-order valence-electron chi connectivity index (χ1n) is 7.88. The lowest BCUT2D eigenvalue weighted by atomic mass is 10.2. The van der Waals surface area contributed by atoms with Crippen molar-refractivity contribution in [3.05, 3.63) is 41.2 Å². The van der Waals surface area contributed by atoms with Gasteiger partial charge in [-0.15, -0.1) is 11.3 Å². The molecule has 0 aliphatic carbocycles. The van der Waals surface area contributed by atoms with Crippen LogP contribution in [0.1, 0.15) is 29.8 Å². The van der Waals surface area contributed by atoms with Crippen LogP contribution < -0.4 is 5.32 Å². The van der Waals surface area contributed by atoms with Gasteiger partial charge in [0.1, 0.15) is 16.5 Å². The molecule has 0 atom stereocenters. The predicted octanol–water partition coefficient (Wildman–Crippen LogP) is 2.22. The summed E-state index contributed by atoms with van der Waals surface area (Å²) in [4.78, 5) is 40.4. The summed E-state index contributed by atoms with van der Waals surface area (Å²) in [6, 6.07) is 6.26. The minimum Gasteiger partial charge on any atom is -0.351 e. The van der Waals surface area contributed by atoms with Crippen LogP contribution in [0.2, 0.25) is 0 Å². The zero-order valence-electron chi connectivity index (χ0n) is 13.3. The molecular formula is C17H16FN3O3S. The lowest BCUT2D eigenvalue weighted by Gasteiger charge is -2.13. The second kappa shape index (κ2) is 7.52. The van der Waals surface area contributed by atoms with Crippen LogP contribution >= 0.6 is 11.3 Å². The summed E-state index contributed by atoms with van der Waals surface area (Å²) in [5.41, 5.74) is 0.578. The molecule has 1 aromatic carbocycles. The number of hydrogen-bond acceptors (Lipinski definition) is 5. The topological polar surface area (TPSA) is 79.4 Å². The van der Waals surface area contributed by atoms with Gasteiger partial charge < -0.3 is 5.32 Å². The van der Waals surface area contributed by atoms with E-state index in [4.69, 9.17) is 0 Å². The molecule has 3 amide bonds. The lowest BCUT2D eigenvalue weighted by Crippen LogP contribution is -2.33. The van der Waals surface area contributed by atoms with Crippen LogP contribution in [0.3, 0.4) is 0 Å². The van der Waals surface area contributed by atoms with Crippen LogP contribution in [-0.2, 0) is 9.59 Å². The molecule has 1 fully saturated rings. The maximum atomic E-state index is 13.8. The molecule has 0 saturated carbocycles. The monoisotopic (exact) mass is 361 g/mol. The van der Waals surface area contributed by atoms with E-state index in [1.54, 1.807) is 23.6 Å². The predicted molar refractivity (Wildman–Crippen MR) is 90.4 cm³/mol. The van der Waals surface area contributed by atoms with Crippen molar-refractivity contribution in [2.24, 2.45) is 0 Å². The molecule has 0 bridgehead atoms. The Kier molecular flexibility index (Phi) is 5.18. The normalized spacial score (nSPS) is 14.2. The lowest BCUT2D eigenvalue weighted by molar-refractivity contribution is -0.138. The number of benzene rings is 1. The van der Waals surface area contributed by atoms with Crippen LogP contribution in [0.4, 0.5) is 4.39 Å². The maximum absolute atomic E-state index is 13.8. The van der Waals surface area contributed by atoms with Gasteiger partial charge in [0, 0.05) is 36.9 Å². The van der Waals surface area contributed by atoms with Crippen molar-refractivity contribution in [1.82, 2.24) is 15.2 Å². The fourth-order valence-corrected chi connectivity index (χ4v) is 3.36. The van der Waals surface area contributed by atoms with Crippen molar-refractivity contribution < 1.29 is 18.8 Å². The number of nitrogens with one attached hydrogen (secondary N) is 1. The Balaban J connectivity index is 1.52. The highest BCUT2D eigenvalue weighted by Crippen LogP contribution is 2.26. The molecule has 3 rings (SSSR count). The molecule has 1 aromatic heterocycles. The van der Waals surface area contributed by atoms with E-state index in [1.807, 2.05) is 0 Å². The Morgan fingerprint density at radius 2 is 1.96 bits per heavy atom. The Labute approximate surface area is 147 Å². The number of halogens is 1. The highest BCUT2D eigenvalue weighted by atomic mass is 32.1. The molecule has 1 aliphatic heterocycles. The summed E-state index contributed by atoms with van der Waals surface area (Å²) in [6.07, 6.45) is 1.01. The van der Waals surface area contributed by atoms with E-state index in [0.717, 1.165) is 0 Å². The number of thiazole rings is 1. The molecule has 130 valence electrons. The van der Waals surface area contributed by atoms with Gasteiger partial charge in [-0.25, -0.2) is 9.37 Å². The van der Waals surface area contributed by atoms with Gasteiger partial charge in [-0.2, -0.15) is 0 Å². The Hall–Kier alpha value is -2.61. The van der Waals surface area contributed by atoms with Crippen LogP contribution in [0.25, 0.3) is 10.6 Å². The van der Waals surface area contributed by atoms with Gasteiger partial charge in [-0.1, -0.05) is 12.1 Å². The minimum atomic E-state index is -0.385. The van der Waals surface area contributed by atoms with Crippen molar-refractivity contribution in [2.45, 2.75) is 19.3 Å². The fraction of sp³-hybridized carbons (Fsp3) is 0.294. The number of likely N-dealkylation sites (tertiary alicyclic amines) is 1. The number of imide groups is 1. The Morgan fingerprint density at radius 3 is 2.68 bits per heavy atom. The summed E-state index contributed by atoms with van der Waals surface area (Å²) in [5.74, 6) is -1.07. The van der Waals surface area contributed by atoms with Gasteiger partial charge in [0.2, 0.25) is 11.8 Å². The molecule has 25 heavy (non-hydrogen) atoms. The third-order valence-electron chi connectivity index (χ3n) is 3.84. The standard InChI is InChI=1S/C17H16FN3O3S/c18-12-5-2-1-4-11(12)17-20-13(10-25-17)16(24)19-8-3-9-21-14(22)6-7-15(21)23/h1-2,4-5,10H,3,6-9H2,(H,19,24). The quantitative estimate of drug-likeness (QED) is 0.632. The van der Waals surface area contributed by atoms with Crippen LogP contribution in [0.15, 0.2) is 29.6 Å². The van der Waals surface area contributed by atoms with E-state index in [-0.39, 0.29) is 42.1 Å². The Morgan fingerprint density at radius 1 is 1.24 bits per heavy atom. The molecule has 2 aromatic rings. The average molecular weight is 361 g/mol. The van der Waals surface area contributed by atoms with Crippen molar-refractivity contribution in [1.29, 1.82) is 0 Å². The molecule has 0 radical (unpaired) electrons. The van der Waals surface area contributed by atoms with E-state index >= 15 is 0 Å². The second-order valence-electron chi connectivity index (χ2n) is 5.57. The number of nitrogens with zero attached hydrogens (tertiary/aromatic N) is 2. The van der Waals surface area contributed by atoms with Gasteiger partial charge in [-0.3, -0.25) is 19.3 Å². The van der Waals surface area contributed by atoms with Gasteiger partial charge >= 0.3 is 0 Å². The highest BCUT2D eigenvalue weighted by Gasteiger charge is 2.27. The van der Waals surface area contributed by atoms with Crippen LogP contribution in [0.5, 0.6) is 0 Å². The average Bonchev–Trinajstić information content (AvgIpc) is 3.20. The summed E-state index contributed by atoms with van der Waals surface area (Å²) < 4.78 is 13.8. The second-order valence-corrected chi connectivity index (χ2v) is 6.42. The Bertz CT molecular complexity index is 805. The molecular weight excluding hydrogens is 345 g/mol. The number of hydrogen-bond donors (Lipinski definition) is 1. The van der Waals surface area contributed by atoms with E-state index in [1.165, 1.54) is 22.3 Å². The van der Waals surface area contributed by atoms with Gasteiger partial charge in [-0.05, 0) is 18.6 Å². The summed E-state index contributed by atoms with van der Waals surface area (Å²) in [6.45, 7) is 0.623. The SMILES string of the molecule is O=C(NCCCN1C(=O)CCC1=O)c1csc(-c2ccccc2F)n1. The van der Waals surface area contributed by atoms with Gasteiger partial charge in [0.25, 0.3) is 5.91 Å². The van der Waals surface area contributed by atoms with Crippen molar-refractivity contribution in [3.8, 4) is 10.6 Å². The number of carbonyl (C=O) groups excluding carboxylic acids is 3. The molecule has 0 unspecified atom stereocenters. The number of aromatic nitrogens is 1. The number of carbonyl (C=O) groups is 3. The highest BCUT2D eigenvalue weighted by molar-refractivity contribution is 7.13. The first-order chi connectivity index (χ1) is 12.1. The molecule has 6 nitrogen and oxygen atoms in total. The van der Waals surface area contributed by atoms with Gasteiger partial charge in [0.05, 0.1) is 0 Å². The van der Waals surface area contributed by atoms with Crippen molar-refractivity contribution >= 4 is 29.1 Å². The van der Waals surface area contributed by atoms with Crippen LogP contribution in [-0.4, -0.2) is 40.7 Å². The molecule has 0 spiro atoms. The fourth-order valence-electron chi connectivity index (χ4n) is 2.54. The zero-order chi connectivity index (χ0) is 17.8. The third kappa shape index (κ3) is 3.90. The summed E-state index contributed by atoms with van der Waals surface area (Å²) >= 11 is 1.20. The van der Waals surface area contributed by atoms with E-state index in [9.17, 15) is 18.8 Å². The molecule has 1 aliphatic rings. The third-order valence-corrected chi connectivity index (χ3v) is 4.72. The largest absolute Gasteiger partial charge is 0.351 e. The number of amides is 3. The molecule has 1 saturated heterocycles.